The SMILES string of the molecule is CCc1ccccc1NC(=O)[C@H](CC)n1c(SCc2cccc(C(F)(F)F)c2)nc2cccnc21. The number of hydrogen-bond donors (Lipinski definition) is 1. The van der Waals surface area contributed by atoms with E-state index in [1.165, 1.54) is 17.8 Å². The van der Waals surface area contributed by atoms with Gasteiger partial charge in [0.2, 0.25) is 5.91 Å². The van der Waals surface area contributed by atoms with Crippen molar-refractivity contribution in [1.82, 2.24) is 14.5 Å². The summed E-state index contributed by atoms with van der Waals surface area (Å²) in [5.74, 6) is 0.0727. The van der Waals surface area contributed by atoms with Crippen molar-refractivity contribution in [2.24, 2.45) is 0 Å². The summed E-state index contributed by atoms with van der Waals surface area (Å²) < 4.78 is 41.2. The van der Waals surface area contributed by atoms with Crippen molar-refractivity contribution in [1.29, 1.82) is 0 Å². The van der Waals surface area contributed by atoms with Crippen LogP contribution in [0.5, 0.6) is 0 Å². The summed E-state index contributed by atoms with van der Waals surface area (Å²) in [6.45, 7) is 3.93. The Balaban J connectivity index is 1.65. The van der Waals surface area contributed by atoms with E-state index in [2.05, 4.69) is 15.3 Å². The molecular weight excluding hydrogens is 473 g/mol. The van der Waals surface area contributed by atoms with Gasteiger partial charge in [0.1, 0.15) is 11.6 Å². The first kappa shape index (κ1) is 24.8. The molecule has 1 amide bonds. The number of para-hydroxylation sites is 1. The number of pyridine rings is 1. The van der Waals surface area contributed by atoms with Gasteiger partial charge >= 0.3 is 6.18 Å². The maximum atomic E-state index is 13.4. The summed E-state index contributed by atoms with van der Waals surface area (Å²) in [7, 11) is 0. The third kappa shape index (κ3) is 5.51. The number of hydrogen-bond acceptors (Lipinski definition) is 4. The molecule has 4 aromatic rings. The quantitative estimate of drug-likeness (QED) is 0.269. The summed E-state index contributed by atoms with van der Waals surface area (Å²) >= 11 is 1.28. The fourth-order valence-corrected chi connectivity index (χ4v) is 4.92. The van der Waals surface area contributed by atoms with Crippen LogP contribution in [0.4, 0.5) is 18.9 Å². The minimum atomic E-state index is -4.40. The van der Waals surface area contributed by atoms with E-state index in [4.69, 9.17) is 0 Å². The number of rotatable bonds is 8. The minimum absolute atomic E-state index is 0.195. The molecular formula is C26H25F3N4OS. The number of imidazole rings is 1. The molecule has 2 aromatic heterocycles. The maximum Gasteiger partial charge on any atom is 0.416 e. The Morgan fingerprint density at radius 2 is 1.89 bits per heavy atom. The van der Waals surface area contributed by atoms with E-state index >= 15 is 0 Å². The van der Waals surface area contributed by atoms with E-state index in [1.54, 1.807) is 22.9 Å². The fraction of sp³-hybridized carbons (Fsp3) is 0.269. The third-order valence-electron chi connectivity index (χ3n) is 5.70. The zero-order chi connectivity index (χ0) is 25.0. The monoisotopic (exact) mass is 498 g/mol. The molecule has 9 heteroatoms. The molecule has 4 rings (SSSR count). The Hall–Kier alpha value is -3.33. The standard InChI is InChI=1S/C26H25F3N4OS/c1-3-18-10-5-6-12-20(18)31-24(34)22(4-2)33-23-21(13-8-14-30-23)32-25(33)35-16-17-9-7-11-19(15-17)26(27,28)29/h5-15,22H,3-4,16H2,1-2H3,(H,31,34)/t22-/m0/s1. The number of halogens is 3. The van der Waals surface area contributed by atoms with Crippen LogP contribution in [0.25, 0.3) is 11.2 Å². The van der Waals surface area contributed by atoms with E-state index in [1.807, 2.05) is 44.2 Å². The molecule has 2 aromatic carbocycles. The van der Waals surface area contributed by atoms with Crippen molar-refractivity contribution in [3.05, 3.63) is 83.6 Å². The van der Waals surface area contributed by atoms with Gasteiger partial charge in [-0.25, -0.2) is 9.97 Å². The first-order valence-corrected chi connectivity index (χ1v) is 12.3. The zero-order valence-corrected chi connectivity index (χ0v) is 20.2. The summed E-state index contributed by atoms with van der Waals surface area (Å²) in [6, 6.07) is 15.9. The Morgan fingerprint density at radius 3 is 2.63 bits per heavy atom. The lowest BCUT2D eigenvalue weighted by atomic mass is 10.1. The third-order valence-corrected chi connectivity index (χ3v) is 6.72. The summed E-state index contributed by atoms with van der Waals surface area (Å²) in [6.07, 6.45) is -1.50. The summed E-state index contributed by atoms with van der Waals surface area (Å²) in [5.41, 5.74) is 2.80. The van der Waals surface area contributed by atoms with E-state index in [-0.39, 0.29) is 11.7 Å². The van der Waals surface area contributed by atoms with Crippen LogP contribution >= 0.6 is 11.8 Å². The van der Waals surface area contributed by atoms with Gasteiger partial charge in [0.15, 0.2) is 10.8 Å². The molecule has 0 aliphatic rings. The normalized spacial score (nSPS) is 12.6. The molecule has 0 saturated carbocycles. The Bertz CT molecular complexity index is 1340. The number of carbonyl (C=O) groups excluding carboxylic acids is 1. The summed E-state index contributed by atoms with van der Waals surface area (Å²) in [4.78, 5) is 22.5. The number of carbonyl (C=O) groups is 1. The maximum absolute atomic E-state index is 13.4. The van der Waals surface area contributed by atoms with Crippen molar-refractivity contribution < 1.29 is 18.0 Å². The number of anilines is 1. The topological polar surface area (TPSA) is 59.8 Å². The van der Waals surface area contributed by atoms with Crippen LogP contribution in [0.3, 0.4) is 0 Å². The van der Waals surface area contributed by atoms with Crippen LogP contribution in [0, 0.1) is 0 Å². The number of aryl methyl sites for hydroxylation is 1. The Kier molecular flexibility index (Phi) is 7.45. The highest BCUT2D eigenvalue weighted by atomic mass is 32.2. The molecule has 1 N–H and O–H groups in total. The molecule has 2 heterocycles. The lowest BCUT2D eigenvalue weighted by Gasteiger charge is -2.20. The lowest BCUT2D eigenvalue weighted by molar-refractivity contribution is -0.137. The molecule has 0 fully saturated rings. The highest BCUT2D eigenvalue weighted by molar-refractivity contribution is 7.98. The van der Waals surface area contributed by atoms with Crippen molar-refractivity contribution in [3.63, 3.8) is 0 Å². The average Bonchev–Trinajstić information content (AvgIpc) is 3.21. The number of nitrogens with zero attached hydrogens (tertiary/aromatic N) is 3. The second-order valence-electron chi connectivity index (χ2n) is 8.02. The fourth-order valence-electron chi connectivity index (χ4n) is 3.93. The second kappa shape index (κ2) is 10.5. The second-order valence-corrected chi connectivity index (χ2v) is 8.96. The molecule has 0 aliphatic carbocycles. The predicted octanol–water partition coefficient (Wildman–Crippen LogP) is 6.89. The summed E-state index contributed by atoms with van der Waals surface area (Å²) in [5, 5.41) is 3.57. The van der Waals surface area contributed by atoms with Gasteiger partial charge in [0.05, 0.1) is 5.56 Å². The molecule has 0 unspecified atom stereocenters. The van der Waals surface area contributed by atoms with E-state index in [0.29, 0.717) is 28.3 Å². The van der Waals surface area contributed by atoms with Crippen LogP contribution in [-0.2, 0) is 23.1 Å². The molecule has 5 nitrogen and oxygen atoms in total. The Labute approximate surface area is 205 Å². The number of alkyl halides is 3. The Morgan fingerprint density at radius 1 is 1.09 bits per heavy atom. The number of thioether (sulfide) groups is 1. The van der Waals surface area contributed by atoms with Gasteiger partial charge < -0.3 is 5.32 Å². The largest absolute Gasteiger partial charge is 0.416 e. The van der Waals surface area contributed by atoms with Gasteiger partial charge in [0, 0.05) is 17.6 Å². The number of fused-ring (bicyclic) bond motifs is 1. The van der Waals surface area contributed by atoms with Crippen molar-refractivity contribution in [2.45, 2.75) is 49.8 Å². The zero-order valence-electron chi connectivity index (χ0n) is 19.3. The van der Waals surface area contributed by atoms with Gasteiger partial charge in [-0.3, -0.25) is 9.36 Å². The van der Waals surface area contributed by atoms with E-state index in [0.717, 1.165) is 29.8 Å². The van der Waals surface area contributed by atoms with Gasteiger partial charge in [-0.05, 0) is 48.2 Å². The smallest absolute Gasteiger partial charge is 0.324 e. The number of benzene rings is 2. The van der Waals surface area contributed by atoms with Crippen LogP contribution in [0.2, 0.25) is 0 Å². The minimum Gasteiger partial charge on any atom is -0.324 e. The van der Waals surface area contributed by atoms with E-state index < -0.39 is 17.8 Å². The molecule has 182 valence electrons. The molecule has 1 atom stereocenters. The van der Waals surface area contributed by atoms with Crippen LogP contribution in [0.15, 0.2) is 72.0 Å². The average molecular weight is 499 g/mol. The van der Waals surface area contributed by atoms with Crippen molar-refractivity contribution in [2.75, 3.05) is 5.32 Å². The van der Waals surface area contributed by atoms with Gasteiger partial charge in [0.25, 0.3) is 0 Å². The van der Waals surface area contributed by atoms with E-state index in [9.17, 15) is 18.0 Å². The lowest BCUT2D eigenvalue weighted by Crippen LogP contribution is -2.26. The van der Waals surface area contributed by atoms with Crippen LogP contribution in [0.1, 0.15) is 43.0 Å². The molecule has 35 heavy (non-hydrogen) atoms. The van der Waals surface area contributed by atoms with Gasteiger partial charge in [-0.1, -0.05) is 62.0 Å². The van der Waals surface area contributed by atoms with Crippen LogP contribution in [-0.4, -0.2) is 20.4 Å². The molecule has 0 spiro atoms. The number of amides is 1. The van der Waals surface area contributed by atoms with Crippen molar-refractivity contribution in [3.8, 4) is 0 Å². The van der Waals surface area contributed by atoms with Crippen LogP contribution < -0.4 is 5.32 Å². The molecule has 0 bridgehead atoms. The van der Waals surface area contributed by atoms with Gasteiger partial charge in [-0.15, -0.1) is 0 Å². The highest BCUT2D eigenvalue weighted by Crippen LogP contribution is 2.33. The molecule has 0 radical (unpaired) electrons. The number of nitrogens with one attached hydrogen (secondary N) is 1. The molecule has 0 aliphatic heterocycles. The molecule has 0 saturated heterocycles. The highest BCUT2D eigenvalue weighted by Gasteiger charge is 2.30. The predicted molar refractivity (Wildman–Crippen MR) is 132 cm³/mol. The van der Waals surface area contributed by atoms with Gasteiger partial charge in [-0.2, -0.15) is 13.2 Å². The van der Waals surface area contributed by atoms with Crippen molar-refractivity contribution >= 4 is 34.5 Å². The number of aromatic nitrogens is 3. The first-order chi connectivity index (χ1) is 16.8. The first-order valence-electron chi connectivity index (χ1n) is 11.3.